The Labute approximate surface area is 84.4 Å². The summed E-state index contributed by atoms with van der Waals surface area (Å²) in [5, 5.41) is 18.6. The van der Waals surface area contributed by atoms with E-state index >= 15 is 0 Å². The van der Waals surface area contributed by atoms with Crippen molar-refractivity contribution in [1.29, 1.82) is 0 Å². The largest absolute Gasteiger partial charge is 0.507 e. The molecule has 0 unspecified atom stereocenters. The van der Waals surface area contributed by atoms with E-state index in [0.29, 0.717) is 15.8 Å². The van der Waals surface area contributed by atoms with Gasteiger partial charge >= 0.3 is 0 Å². The number of hydrogen-bond acceptors (Lipinski definition) is 3. The van der Waals surface area contributed by atoms with E-state index in [4.69, 9.17) is 4.74 Å². The molecule has 0 atom stereocenters. The third-order valence-corrected chi connectivity index (χ3v) is 2.25. The number of hydrogen-bond donors (Lipinski definition) is 2. The number of aromatic hydroxyl groups is 2. The molecule has 1 aromatic carbocycles. The SMILES string of the molecule is C=C(OC)c1cc(Br)c(O)cc1O. The maximum Gasteiger partial charge on any atom is 0.133 e. The van der Waals surface area contributed by atoms with Gasteiger partial charge in [-0.25, -0.2) is 0 Å². The Morgan fingerprint density at radius 1 is 1.38 bits per heavy atom. The van der Waals surface area contributed by atoms with Crippen LogP contribution in [0, 0.1) is 0 Å². The van der Waals surface area contributed by atoms with Gasteiger partial charge in [0, 0.05) is 6.07 Å². The third-order valence-electron chi connectivity index (χ3n) is 1.61. The van der Waals surface area contributed by atoms with Crippen molar-refractivity contribution >= 4 is 21.7 Å². The Morgan fingerprint density at radius 2 is 2.00 bits per heavy atom. The van der Waals surface area contributed by atoms with Crippen LogP contribution in [-0.2, 0) is 4.74 Å². The number of phenols is 2. The summed E-state index contributed by atoms with van der Waals surface area (Å²) in [4.78, 5) is 0. The number of benzene rings is 1. The second-order valence-corrected chi connectivity index (χ2v) is 3.30. The minimum atomic E-state index is -0.0625. The highest BCUT2D eigenvalue weighted by Gasteiger charge is 2.09. The van der Waals surface area contributed by atoms with Gasteiger partial charge in [-0.3, -0.25) is 0 Å². The Balaban J connectivity index is 3.23. The van der Waals surface area contributed by atoms with E-state index in [9.17, 15) is 10.2 Å². The predicted octanol–water partition coefficient (Wildman–Crippen LogP) is 2.48. The first-order valence-corrected chi connectivity index (χ1v) is 4.30. The number of ether oxygens (including phenoxy) is 1. The minimum Gasteiger partial charge on any atom is -0.507 e. The van der Waals surface area contributed by atoms with Crippen LogP contribution in [0.15, 0.2) is 23.2 Å². The van der Waals surface area contributed by atoms with E-state index < -0.39 is 0 Å². The van der Waals surface area contributed by atoms with Crippen LogP contribution in [-0.4, -0.2) is 17.3 Å². The fourth-order valence-corrected chi connectivity index (χ4v) is 1.23. The molecule has 70 valence electrons. The van der Waals surface area contributed by atoms with Gasteiger partial charge in [0.15, 0.2) is 0 Å². The predicted molar refractivity (Wildman–Crippen MR) is 53.5 cm³/mol. The van der Waals surface area contributed by atoms with Crippen molar-refractivity contribution in [2.75, 3.05) is 7.11 Å². The smallest absolute Gasteiger partial charge is 0.133 e. The van der Waals surface area contributed by atoms with Crippen LogP contribution in [0.25, 0.3) is 5.76 Å². The van der Waals surface area contributed by atoms with Gasteiger partial charge in [-0.05, 0) is 22.0 Å². The molecule has 1 aromatic rings. The highest BCUT2D eigenvalue weighted by atomic mass is 79.9. The summed E-state index contributed by atoms with van der Waals surface area (Å²) in [7, 11) is 1.46. The Hall–Kier alpha value is -1.16. The van der Waals surface area contributed by atoms with Crippen molar-refractivity contribution in [1.82, 2.24) is 0 Å². The van der Waals surface area contributed by atoms with Gasteiger partial charge in [0.25, 0.3) is 0 Å². The summed E-state index contributed by atoms with van der Waals surface area (Å²) >= 11 is 3.12. The van der Waals surface area contributed by atoms with Crippen molar-refractivity contribution in [3.63, 3.8) is 0 Å². The lowest BCUT2D eigenvalue weighted by atomic mass is 10.1. The zero-order valence-electron chi connectivity index (χ0n) is 7.04. The van der Waals surface area contributed by atoms with Gasteiger partial charge in [0.05, 0.1) is 17.1 Å². The molecule has 2 N–H and O–H groups in total. The topological polar surface area (TPSA) is 49.7 Å². The van der Waals surface area contributed by atoms with Crippen LogP contribution in [0.4, 0.5) is 0 Å². The van der Waals surface area contributed by atoms with E-state index in [1.165, 1.54) is 19.2 Å². The van der Waals surface area contributed by atoms with Gasteiger partial charge < -0.3 is 14.9 Å². The molecule has 0 heterocycles. The highest BCUT2D eigenvalue weighted by molar-refractivity contribution is 9.10. The molecular formula is C9H9BrO3. The number of halogens is 1. The molecule has 0 bridgehead atoms. The zero-order chi connectivity index (χ0) is 10.0. The lowest BCUT2D eigenvalue weighted by Crippen LogP contribution is -1.86. The Morgan fingerprint density at radius 3 is 2.54 bits per heavy atom. The van der Waals surface area contributed by atoms with Crippen molar-refractivity contribution < 1.29 is 14.9 Å². The summed E-state index contributed by atoms with van der Waals surface area (Å²) in [5.74, 6) is 0.260. The van der Waals surface area contributed by atoms with Crippen LogP contribution in [0.2, 0.25) is 0 Å². The zero-order valence-corrected chi connectivity index (χ0v) is 8.63. The molecule has 0 fully saturated rings. The summed E-state index contributed by atoms with van der Waals surface area (Å²) in [6.07, 6.45) is 0. The fraction of sp³-hybridized carbons (Fsp3) is 0.111. The fourth-order valence-electron chi connectivity index (χ4n) is 0.884. The van der Waals surface area contributed by atoms with Crippen molar-refractivity contribution in [2.24, 2.45) is 0 Å². The molecule has 0 amide bonds. The standard InChI is InChI=1S/C9H9BrO3/c1-5(13-2)6-3-7(10)9(12)4-8(6)11/h3-4,11-12H,1H2,2H3. The average molecular weight is 245 g/mol. The molecule has 0 aliphatic rings. The summed E-state index contributed by atoms with van der Waals surface area (Å²) < 4.78 is 5.34. The van der Waals surface area contributed by atoms with E-state index in [1.54, 1.807) is 0 Å². The summed E-state index contributed by atoms with van der Waals surface area (Å²) in [6.45, 7) is 3.59. The maximum absolute atomic E-state index is 9.40. The highest BCUT2D eigenvalue weighted by Crippen LogP contribution is 2.34. The molecule has 13 heavy (non-hydrogen) atoms. The molecule has 0 radical (unpaired) electrons. The van der Waals surface area contributed by atoms with E-state index in [2.05, 4.69) is 22.5 Å². The lowest BCUT2D eigenvalue weighted by molar-refractivity contribution is 0.366. The van der Waals surface area contributed by atoms with Crippen LogP contribution in [0.3, 0.4) is 0 Å². The molecule has 0 aliphatic heterocycles. The first-order valence-electron chi connectivity index (χ1n) is 3.51. The van der Waals surface area contributed by atoms with Crippen LogP contribution in [0.5, 0.6) is 11.5 Å². The molecule has 1 rings (SSSR count). The second kappa shape index (κ2) is 3.70. The van der Waals surface area contributed by atoms with E-state index in [1.807, 2.05) is 0 Å². The average Bonchev–Trinajstić information content (AvgIpc) is 2.10. The van der Waals surface area contributed by atoms with Crippen LogP contribution >= 0.6 is 15.9 Å². The summed E-state index contributed by atoms with van der Waals surface area (Å²) in [5.41, 5.74) is 0.451. The molecule has 4 heteroatoms. The molecule has 0 aromatic heterocycles. The van der Waals surface area contributed by atoms with Gasteiger partial charge in [0.1, 0.15) is 17.3 Å². The monoisotopic (exact) mass is 244 g/mol. The van der Waals surface area contributed by atoms with Crippen LogP contribution in [0.1, 0.15) is 5.56 Å². The van der Waals surface area contributed by atoms with Gasteiger partial charge in [0.2, 0.25) is 0 Å². The Kier molecular flexibility index (Phi) is 2.83. The molecular weight excluding hydrogens is 236 g/mol. The quantitative estimate of drug-likeness (QED) is 0.787. The molecule has 0 saturated carbocycles. The minimum absolute atomic E-state index is 0.0230. The maximum atomic E-state index is 9.40. The molecule has 0 spiro atoms. The normalized spacial score (nSPS) is 9.69. The molecule has 0 aliphatic carbocycles. The first-order chi connectivity index (χ1) is 6.06. The van der Waals surface area contributed by atoms with E-state index in [-0.39, 0.29) is 11.5 Å². The summed E-state index contributed by atoms with van der Waals surface area (Å²) in [6, 6.07) is 2.76. The number of phenolic OH excluding ortho intramolecular Hbond substituents is 2. The number of rotatable bonds is 2. The first kappa shape index (κ1) is 9.92. The van der Waals surface area contributed by atoms with Crippen molar-refractivity contribution in [3.8, 4) is 11.5 Å². The van der Waals surface area contributed by atoms with Crippen LogP contribution < -0.4 is 0 Å². The van der Waals surface area contributed by atoms with Crippen molar-refractivity contribution in [2.45, 2.75) is 0 Å². The van der Waals surface area contributed by atoms with Gasteiger partial charge in [-0.1, -0.05) is 6.58 Å². The Bertz CT molecular complexity index is 347. The van der Waals surface area contributed by atoms with Gasteiger partial charge in [-0.2, -0.15) is 0 Å². The third kappa shape index (κ3) is 1.95. The second-order valence-electron chi connectivity index (χ2n) is 2.45. The van der Waals surface area contributed by atoms with Gasteiger partial charge in [-0.15, -0.1) is 0 Å². The van der Waals surface area contributed by atoms with E-state index in [0.717, 1.165) is 0 Å². The lowest BCUT2D eigenvalue weighted by Gasteiger charge is -2.08. The molecule has 0 saturated heterocycles. The van der Waals surface area contributed by atoms with Crippen molar-refractivity contribution in [3.05, 3.63) is 28.7 Å². The molecule has 3 nitrogen and oxygen atoms in total. The number of methoxy groups -OCH3 is 1.